The van der Waals surface area contributed by atoms with Crippen LogP contribution in [0.25, 0.3) is 5.57 Å². The van der Waals surface area contributed by atoms with Gasteiger partial charge in [0.1, 0.15) is 6.54 Å². The molecule has 0 saturated carbocycles. The fraction of sp³-hybridized carbons (Fsp3) is 0.471. The summed E-state index contributed by atoms with van der Waals surface area (Å²) >= 11 is 0. The fourth-order valence-electron chi connectivity index (χ4n) is 2.60. The van der Waals surface area contributed by atoms with Gasteiger partial charge in [-0.05, 0) is 43.5 Å². The molecule has 0 bridgehead atoms. The van der Waals surface area contributed by atoms with Gasteiger partial charge in [-0.2, -0.15) is 5.10 Å². The molecule has 22 heavy (non-hydrogen) atoms. The molecule has 0 N–H and O–H groups in total. The maximum atomic E-state index is 12.3. The Bertz CT molecular complexity index is 727. The lowest BCUT2D eigenvalue weighted by atomic mass is 9.92. The van der Waals surface area contributed by atoms with Gasteiger partial charge >= 0.3 is 0 Å². The molecule has 1 atom stereocenters. The van der Waals surface area contributed by atoms with Crippen molar-refractivity contribution in [2.75, 3.05) is 0 Å². The zero-order valence-corrected chi connectivity index (χ0v) is 14.8. The van der Waals surface area contributed by atoms with Crippen molar-refractivity contribution in [3.8, 4) is 0 Å². The number of allylic oxidation sites excluding steroid dienone is 4. The Morgan fingerprint density at radius 1 is 1.41 bits per heavy atom. The van der Waals surface area contributed by atoms with Crippen molar-refractivity contribution in [1.82, 2.24) is 9.78 Å². The fourth-order valence-corrected chi connectivity index (χ4v) is 2.98. The summed E-state index contributed by atoms with van der Waals surface area (Å²) in [5.74, 6) is 0.103. The van der Waals surface area contributed by atoms with Gasteiger partial charge in [-0.25, -0.2) is 4.68 Å². The number of ketones is 1. The molecule has 1 unspecified atom stereocenters. The number of hydrogen-bond donors (Lipinski definition) is 0. The second-order valence-corrected chi connectivity index (χ2v) is 6.92. The highest BCUT2D eigenvalue weighted by Crippen LogP contribution is 2.36. The summed E-state index contributed by atoms with van der Waals surface area (Å²) in [7, 11) is 2.79. The smallest absolute Gasteiger partial charge is 0.267 e. The summed E-state index contributed by atoms with van der Waals surface area (Å²) < 4.78 is 1.27. The van der Waals surface area contributed by atoms with E-state index in [9.17, 15) is 9.59 Å². The maximum absolute atomic E-state index is 12.3. The number of hydrogen-bond acceptors (Lipinski definition) is 3. The third-order valence-corrected chi connectivity index (χ3v) is 4.36. The standard InChI is InChI=1S/C17H23N2O2P/c1-10(2)17-14(13-7-11(3)5-6-15(13)22)8-16(21)19(18-17)9-12(4)20/h7-8,10H,5-6,9,22H2,1-4H3. The molecule has 0 saturated heterocycles. The highest BCUT2D eigenvalue weighted by Gasteiger charge is 2.18. The first-order chi connectivity index (χ1) is 10.3. The summed E-state index contributed by atoms with van der Waals surface area (Å²) in [6.45, 7) is 7.71. The van der Waals surface area contributed by atoms with Crippen LogP contribution in [0.15, 0.2) is 27.8 Å². The van der Waals surface area contributed by atoms with Gasteiger partial charge in [-0.1, -0.05) is 25.5 Å². The van der Waals surface area contributed by atoms with Crippen molar-refractivity contribution in [3.63, 3.8) is 0 Å². The van der Waals surface area contributed by atoms with Gasteiger partial charge in [0.25, 0.3) is 5.56 Å². The SMILES string of the molecule is CC(=O)Cn1nc(C(C)C)c(C2=C(P)CCC(C)=C2)cc1=O. The molecular formula is C17H23N2O2P. The summed E-state index contributed by atoms with van der Waals surface area (Å²) in [6.07, 6.45) is 4.17. The lowest BCUT2D eigenvalue weighted by Crippen LogP contribution is -2.28. The number of aromatic nitrogens is 2. The van der Waals surface area contributed by atoms with Crippen LogP contribution in [0, 0.1) is 0 Å². The van der Waals surface area contributed by atoms with Crippen LogP contribution in [-0.4, -0.2) is 15.6 Å². The molecule has 2 rings (SSSR count). The monoisotopic (exact) mass is 318 g/mol. The summed E-state index contributed by atoms with van der Waals surface area (Å²) in [4.78, 5) is 23.6. The first kappa shape index (κ1) is 16.8. The average molecular weight is 318 g/mol. The molecule has 0 radical (unpaired) electrons. The Labute approximate surface area is 133 Å². The minimum atomic E-state index is -0.225. The van der Waals surface area contributed by atoms with Crippen molar-refractivity contribution in [2.45, 2.75) is 53.0 Å². The van der Waals surface area contributed by atoms with E-state index in [4.69, 9.17) is 0 Å². The van der Waals surface area contributed by atoms with E-state index in [-0.39, 0.29) is 23.8 Å². The number of carbonyl (C=O) groups excluding carboxylic acids is 1. The second kappa shape index (κ2) is 6.70. The molecule has 0 aliphatic heterocycles. The Balaban J connectivity index is 2.64. The van der Waals surface area contributed by atoms with Crippen LogP contribution in [0.4, 0.5) is 0 Å². The van der Waals surface area contributed by atoms with Gasteiger partial charge in [0.2, 0.25) is 0 Å². The first-order valence-corrected chi connectivity index (χ1v) is 8.15. The van der Waals surface area contributed by atoms with Crippen molar-refractivity contribution < 1.29 is 4.79 Å². The highest BCUT2D eigenvalue weighted by molar-refractivity contribution is 7.23. The molecule has 4 nitrogen and oxygen atoms in total. The first-order valence-electron chi connectivity index (χ1n) is 7.57. The van der Waals surface area contributed by atoms with Crippen molar-refractivity contribution in [3.05, 3.63) is 44.6 Å². The van der Waals surface area contributed by atoms with E-state index in [1.54, 1.807) is 6.07 Å². The summed E-state index contributed by atoms with van der Waals surface area (Å²) in [5.41, 5.74) is 3.92. The van der Waals surface area contributed by atoms with Crippen molar-refractivity contribution >= 4 is 20.6 Å². The topological polar surface area (TPSA) is 52.0 Å². The van der Waals surface area contributed by atoms with Gasteiger partial charge in [0.05, 0.1) is 5.69 Å². The normalized spacial score (nSPS) is 15.3. The van der Waals surface area contributed by atoms with E-state index in [0.717, 1.165) is 29.7 Å². The molecule has 1 aromatic heterocycles. The van der Waals surface area contributed by atoms with E-state index in [2.05, 4.69) is 41.2 Å². The second-order valence-electron chi connectivity index (χ2n) is 6.23. The molecule has 1 aliphatic rings. The molecule has 0 spiro atoms. The van der Waals surface area contributed by atoms with Gasteiger partial charge < -0.3 is 0 Å². The van der Waals surface area contributed by atoms with Crippen LogP contribution in [0.5, 0.6) is 0 Å². The molecule has 0 fully saturated rings. The third kappa shape index (κ3) is 3.61. The molecule has 5 heteroatoms. The van der Waals surface area contributed by atoms with Gasteiger partial charge in [0, 0.05) is 11.6 Å². The van der Waals surface area contributed by atoms with Crippen molar-refractivity contribution in [1.29, 1.82) is 0 Å². The largest absolute Gasteiger partial charge is 0.298 e. The Hall–Kier alpha value is -1.54. The van der Waals surface area contributed by atoms with E-state index in [0.29, 0.717) is 0 Å². The molecule has 118 valence electrons. The predicted molar refractivity (Wildman–Crippen MR) is 92.9 cm³/mol. The van der Waals surface area contributed by atoms with Crippen LogP contribution in [0.2, 0.25) is 0 Å². The van der Waals surface area contributed by atoms with Crippen LogP contribution in [0.1, 0.15) is 57.7 Å². The molecule has 0 aromatic carbocycles. The number of Topliss-reactive ketones (excluding diaryl/α,β-unsaturated/α-hetero) is 1. The van der Waals surface area contributed by atoms with Crippen LogP contribution < -0.4 is 5.56 Å². The Morgan fingerprint density at radius 3 is 2.68 bits per heavy atom. The minimum absolute atomic E-state index is 0.0283. The van der Waals surface area contributed by atoms with Crippen molar-refractivity contribution in [2.24, 2.45) is 0 Å². The zero-order valence-electron chi connectivity index (χ0n) is 13.6. The quantitative estimate of drug-likeness (QED) is 0.801. The summed E-state index contributed by atoms with van der Waals surface area (Å²) in [6, 6.07) is 1.62. The zero-order chi connectivity index (χ0) is 16.4. The Morgan fingerprint density at radius 2 is 2.09 bits per heavy atom. The van der Waals surface area contributed by atoms with Crippen LogP contribution in [-0.2, 0) is 11.3 Å². The minimum Gasteiger partial charge on any atom is -0.298 e. The molecule has 0 amide bonds. The number of carbonyl (C=O) groups is 1. The lowest BCUT2D eigenvalue weighted by molar-refractivity contribution is -0.117. The van der Waals surface area contributed by atoms with Crippen LogP contribution >= 0.6 is 9.24 Å². The number of nitrogens with zero attached hydrogens (tertiary/aromatic N) is 2. The van der Waals surface area contributed by atoms with Gasteiger partial charge in [-0.3, -0.25) is 9.59 Å². The predicted octanol–water partition coefficient (Wildman–Crippen LogP) is 3.28. The molecular weight excluding hydrogens is 295 g/mol. The van der Waals surface area contributed by atoms with Gasteiger partial charge in [0.15, 0.2) is 5.78 Å². The summed E-state index contributed by atoms with van der Waals surface area (Å²) in [5, 5.41) is 5.66. The molecule has 1 aliphatic carbocycles. The number of rotatable bonds is 4. The maximum Gasteiger partial charge on any atom is 0.267 e. The molecule has 1 aromatic rings. The van der Waals surface area contributed by atoms with Gasteiger partial charge in [-0.15, -0.1) is 9.24 Å². The van der Waals surface area contributed by atoms with E-state index < -0.39 is 0 Å². The molecule has 1 heterocycles. The Kier molecular flexibility index (Phi) is 5.12. The van der Waals surface area contributed by atoms with E-state index in [1.165, 1.54) is 22.5 Å². The van der Waals surface area contributed by atoms with Crippen LogP contribution in [0.3, 0.4) is 0 Å². The highest BCUT2D eigenvalue weighted by atomic mass is 31.0. The van der Waals surface area contributed by atoms with E-state index >= 15 is 0 Å². The lowest BCUT2D eigenvalue weighted by Gasteiger charge is -2.20. The third-order valence-electron chi connectivity index (χ3n) is 3.76. The average Bonchev–Trinajstić information content (AvgIpc) is 2.42. The van der Waals surface area contributed by atoms with E-state index in [1.807, 2.05) is 0 Å².